The number of fused-ring (bicyclic) bond motifs is 1. The molecule has 0 saturated carbocycles. The molecule has 1 saturated heterocycles. The molecule has 1 amide bonds. The lowest BCUT2D eigenvalue weighted by atomic mass is 9.80. The van der Waals surface area contributed by atoms with Crippen molar-refractivity contribution in [1.29, 1.82) is 0 Å². The summed E-state index contributed by atoms with van der Waals surface area (Å²) < 4.78 is 22.3. The number of aliphatic hydroxyl groups is 1. The summed E-state index contributed by atoms with van der Waals surface area (Å²) in [6.45, 7) is 5.56. The Bertz CT molecular complexity index is 1620. The van der Waals surface area contributed by atoms with Gasteiger partial charge in [-0.05, 0) is 104 Å². The molecule has 2 heterocycles. The van der Waals surface area contributed by atoms with E-state index < -0.39 is 0 Å². The summed E-state index contributed by atoms with van der Waals surface area (Å²) in [7, 11) is 1.77. The van der Waals surface area contributed by atoms with E-state index in [4.69, 9.17) is 25.8 Å². The molecular formula is C38H41ClNO6+. The normalized spacial score (nSPS) is 19.9. The number of hydrogen-bond donors (Lipinski definition) is 0. The first kappa shape index (κ1) is 31.9. The van der Waals surface area contributed by atoms with E-state index in [2.05, 4.69) is 10.8 Å². The topological polar surface area (TPSA) is 77.9 Å². The highest BCUT2D eigenvalue weighted by Gasteiger charge is 2.39. The number of allylic oxidation sites excluding steroid dienone is 3. The predicted octanol–water partition coefficient (Wildman–Crippen LogP) is 7.86. The SMILES string of the molecule is C[OH+]c1ccc(COc2cc3c(cc2OC(C)C)C(C2C=CC(Cl)=CC2)N(c2ccc(C(=O)C4CCOCC4)cc2)C(=O)C3)cc1. The summed E-state index contributed by atoms with van der Waals surface area (Å²) in [5.41, 5.74) is 4.36. The van der Waals surface area contributed by atoms with Gasteiger partial charge in [0.25, 0.3) is 5.75 Å². The minimum Gasteiger partial charge on any atom is -0.585 e. The van der Waals surface area contributed by atoms with Crippen molar-refractivity contribution in [2.24, 2.45) is 11.8 Å². The van der Waals surface area contributed by atoms with Gasteiger partial charge in [-0.3, -0.25) is 9.59 Å². The number of Topliss-reactive ketones (excluding diaryl/α,β-unsaturated/α-hetero) is 1. The Morgan fingerprint density at radius 3 is 2.43 bits per heavy atom. The highest BCUT2D eigenvalue weighted by Crippen LogP contribution is 2.46. The second kappa shape index (κ2) is 14.1. The molecule has 3 aromatic carbocycles. The maximum atomic E-state index is 14.1. The Morgan fingerprint density at radius 2 is 1.78 bits per heavy atom. The van der Waals surface area contributed by atoms with Gasteiger partial charge >= 0.3 is 0 Å². The third kappa shape index (κ3) is 7.01. The van der Waals surface area contributed by atoms with E-state index in [0.717, 1.165) is 41.0 Å². The third-order valence-corrected chi connectivity index (χ3v) is 9.16. The Balaban J connectivity index is 1.34. The van der Waals surface area contributed by atoms with E-state index >= 15 is 0 Å². The van der Waals surface area contributed by atoms with Crippen LogP contribution in [0.3, 0.4) is 0 Å². The molecule has 0 aromatic heterocycles. The maximum absolute atomic E-state index is 14.1. The second-order valence-corrected chi connectivity index (χ2v) is 12.8. The molecule has 2 aliphatic heterocycles. The fourth-order valence-electron chi connectivity index (χ4n) is 6.50. The molecule has 0 spiro atoms. The first-order valence-corrected chi connectivity index (χ1v) is 16.4. The average Bonchev–Trinajstić information content (AvgIpc) is 3.07. The Kier molecular flexibility index (Phi) is 9.81. The molecule has 8 heteroatoms. The molecule has 46 heavy (non-hydrogen) atoms. The van der Waals surface area contributed by atoms with E-state index in [0.29, 0.717) is 48.3 Å². The largest absolute Gasteiger partial charge is 0.585 e. The van der Waals surface area contributed by atoms with E-state index in [1.54, 1.807) is 7.11 Å². The van der Waals surface area contributed by atoms with Crippen LogP contribution in [0.1, 0.15) is 66.2 Å². The van der Waals surface area contributed by atoms with Crippen molar-refractivity contribution in [3.63, 3.8) is 0 Å². The Labute approximate surface area is 275 Å². The van der Waals surface area contributed by atoms with Gasteiger partial charge in [0.1, 0.15) is 6.61 Å². The summed E-state index contributed by atoms with van der Waals surface area (Å²) >= 11 is 6.33. The van der Waals surface area contributed by atoms with Crippen molar-refractivity contribution in [3.8, 4) is 17.2 Å². The smallest absolute Gasteiger partial charge is 0.254 e. The molecule has 6 rings (SSSR count). The zero-order chi connectivity index (χ0) is 32.2. The van der Waals surface area contributed by atoms with Gasteiger partial charge in [-0.25, -0.2) is 0 Å². The van der Waals surface area contributed by atoms with Crippen LogP contribution in [0.15, 0.2) is 83.9 Å². The summed E-state index contributed by atoms with van der Waals surface area (Å²) in [6, 6.07) is 19.1. The minimum absolute atomic E-state index is 0.0163. The molecule has 1 aliphatic carbocycles. The van der Waals surface area contributed by atoms with Crippen LogP contribution < -0.4 is 14.4 Å². The van der Waals surface area contributed by atoms with E-state index in [-0.39, 0.29) is 42.1 Å². The number of carbonyl (C=O) groups excluding carboxylic acids is 2. The molecule has 7 nitrogen and oxygen atoms in total. The van der Waals surface area contributed by atoms with Gasteiger partial charge in [0.15, 0.2) is 24.4 Å². The van der Waals surface area contributed by atoms with Crippen LogP contribution in [0.2, 0.25) is 0 Å². The number of nitrogens with zero attached hydrogens (tertiary/aromatic N) is 1. The zero-order valence-corrected chi connectivity index (χ0v) is 27.3. The van der Waals surface area contributed by atoms with Crippen molar-refractivity contribution in [2.45, 2.75) is 58.3 Å². The number of halogens is 1. The summed E-state index contributed by atoms with van der Waals surface area (Å²) in [5, 5.41) is 0.689. The number of rotatable bonds is 10. The van der Waals surface area contributed by atoms with Crippen molar-refractivity contribution in [3.05, 3.63) is 106 Å². The van der Waals surface area contributed by atoms with Gasteiger partial charge < -0.3 is 23.8 Å². The Morgan fingerprint density at radius 1 is 1.04 bits per heavy atom. The quantitative estimate of drug-likeness (QED) is 0.166. The zero-order valence-electron chi connectivity index (χ0n) is 26.6. The van der Waals surface area contributed by atoms with Gasteiger partial charge in [-0.1, -0.05) is 23.8 Å². The van der Waals surface area contributed by atoms with Crippen molar-refractivity contribution in [1.82, 2.24) is 0 Å². The summed E-state index contributed by atoms with van der Waals surface area (Å²) in [6.07, 6.45) is 8.29. The van der Waals surface area contributed by atoms with Crippen LogP contribution >= 0.6 is 11.6 Å². The van der Waals surface area contributed by atoms with Gasteiger partial charge in [-0.2, -0.15) is 0 Å². The predicted molar refractivity (Wildman–Crippen MR) is 180 cm³/mol. The molecule has 3 aliphatic rings. The van der Waals surface area contributed by atoms with E-state index in [1.165, 1.54) is 0 Å². The second-order valence-electron chi connectivity index (χ2n) is 12.4. The lowest BCUT2D eigenvalue weighted by Crippen LogP contribution is -2.43. The van der Waals surface area contributed by atoms with Crippen molar-refractivity contribution in [2.75, 3.05) is 25.2 Å². The van der Waals surface area contributed by atoms with Crippen LogP contribution in [0.4, 0.5) is 5.69 Å². The monoisotopic (exact) mass is 642 g/mol. The number of ketones is 1. The lowest BCUT2D eigenvalue weighted by Gasteiger charge is -2.41. The highest BCUT2D eigenvalue weighted by molar-refractivity contribution is 6.31. The third-order valence-electron chi connectivity index (χ3n) is 8.88. The first-order chi connectivity index (χ1) is 22.3. The van der Waals surface area contributed by atoms with Crippen LogP contribution in [0, 0.1) is 11.8 Å². The summed E-state index contributed by atoms with van der Waals surface area (Å²) in [5.74, 6) is 2.23. The van der Waals surface area contributed by atoms with Crippen LogP contribution in [-0.2, 0) is 22.6 Å². The molecule has 240 valence electrons. The van der Waals surface area contributed by atoms with Crippen LogP contribution in [-0.4, -0.2) is 42.9 Å². The number of ether oxygens (including phenoxy) is 4. The fourth-order valence-corrected chi connectivity index (χ4v) is 6.66. The fraction of sp³-hybridized carbons (Fsp3) is 0.368. The van der Waals surface area contributed by atoms with Gasteiger partial charge in [0.05, 0.1) is 18.6 Å². The van der Waals surface area contributed by atoms with E-state index in [9.17, 15) is 9.59 Å². The van der Waals surface area contributed by atoms with Crippen LogP contribution in [0.5, 0.6) is 17.2 Å². The van der Waals surface area contributed by atoms with Crippen molar-refractivity contribution >= 4 is 29.0 Å². The molecule has 0 bridgehead atoms. The van der Waals surface area contributed by atoms with Gasteiger partial charge in [0, 0.05) is 53.5 Å². The molecule has 2 unspecified atom stereocenters. The number of amides is 1. The number of hydrogen-bond acceptors (Lipinski definition) is 5. The number of anilines is 1. The standard InChI is InChI=1S/C38H40ClNO6/c1-24(2)46-35-22-33-29(20-34(35)45-23-25-4-14-32(43-3)15-5-25)21-36(41)40(37(33)26-6-10-30(39)11-7-26)31-12-8-27(9-13-31)38(42)28-16-18-44-19-17-28/h4-6,8-15,20,22,24,26,28,37H,7,16-19,21,23H2,1-3H3/p+1. The molecular weight excluding hydrogens is 602 g/mol. The maximum Gasteiger partial charge on any atom is 0.254 e. The van der Waals surface area contributed by atoms with E-state index in [1.807, 2.05) is 91.6 Å². The Hall–Kier alpha value is -4.07. The van der Waals surface area contributed by atoms with Crippen molar-refractivity contribution < 1.29 is 28.5 Å². The molecule has 0 radical (unpaired) electrons. The summed E-state index contributed by atoms with van der Waals surface area (Å²) in [4.78, 5) is 29.1. The van der Waals surface area contributed by atoms with Gasteiger partial charge in [-0.15, -0.1) is 0 Å². The average molecular weight is 643 g/mol. The number of benzene rings is 3. The molecule has 2 atom stereocenters. The molecule has 1 N–H and O–H groups in total. The first-order valence-electron chi connectivity index (χ1n) is 16.0. The number of aromatic hydroxyl groups is 1. The molecule has 1 fully saturated rings. The van der Waals surface area contributed by atoms with Gasteiger partial charge in [0.2, 0.25) is 5.91 Å². The molecule has 3 aromatic rings. The van der Waals surface area contributed by atoms with Crippen LogP contribution in [0.25, 0.3) is 0 Å². The minimum atomic E-state index is -0.306. The lowest BCUT2D eigenvalue weighted by molar-refractivity contribution is -0.119. The highest BCUT2D eigenvalue weighted by atomic mass is 35.5. The number of carbonyl (C=O) groups is 2.